The Morgan fingerprint density at radius 1 is 0.968 bits per heavy atom. The van der Waals surface area contributed by atoms with Gasteiger partial charge in [0, 0.05) is 64.1 Å². The van der Waals surface area contributed by atoms with Crippen molar-refractivity contribution < 1.29 is 22.7 Å². The molecule has 4 heterocycles. The topological polar surface area (TPSA) is 91.4 Å². The molecule has 10 heteroatoms. The van der Waals surface area contributed by atoms with Gasteiger partial charge in [-0.25, -0.2) is 0 Å². The fourth-order valence-corrected chi connectivity index (χ4v) is 6.96. The summed E-state index contributed by atoms with van der Waals surface area (Å²) >= 11 is 0. The van der Waals surface area contributed by atoms with Gasteiger partial charge in [-0.2, -0.15) is 17.0 Å². The molecule has 0 aromatic rings. The number of nitrogens with zero attached hydrogens (tertiary/aromatic N) is 3. The first-order valence-corrected chi connectivity index (χ1v) is 13.3. The Morgan fingerprint density at radius 3 is 2.26 bits per heavy atom. The second-order valence-electron chi connectivity index (χ2n) is 9.36. The smallest absolute Gasteiger partial charge is 0.281 e. The van der Waals surface area contributed by atoms with Gasteiger partial charge in [-0.3, -0.25) is 9.69 Å². The molecule has 31 heavy (non-hydrogen) atoms. The maximum absolute atomic E-state index is 13.1. The molecule has 0 aromatic carbocycles. The normalized spacial score (nSPS) is 29.4. The molecular weight excluding hydrogens is 420 g/mol. The number of piperidine rings is 3. The Kier molecular flexibility index (Phi) is 7.55. The number of hydrogen-bond acceptors (Lipinski definition) is 6. The van der Waals surface area contributed by atoms with Crippen LogP contribution in [0.15, 0.2) is 0 Å². The number of likely N-dealkylation sites (tertiary alicyclic amines) is 1. The minimum atomic E-state index is -3.50. The molecular formula is C21H38N4O5S. The van der Waals surface area contributed by atoms with E-state index in [0.717, 1.165) is 13.1 Å². The summed E-state index contributed by atoms with van der Waals surface area (Å²) in [6, 6.07) is 0.593. The predicted octanol–water partition coefficient (Wildman–Crippen LogP) is 0.773. The van der Waals surface area contributed by atoms with Crippen LogP contribution in [0.3, 0.4) is 0 Å². The van der Waals surface area contributed by atoms with Gasteiger partial charge in [0.15, 0.2) is 5.79 Å². The van der Waals surface area contributed by atoms with Crippen molar-refractivity contribution in [2.45, 2.75) is 63.7 Å². The molecule has 1 atom stereocenters. The first-order chi connectivity index (χ1) is 14.9. The number of carbonyl (C=O) groups is 1. The van der Waals surface area contributed by atoms with Crippen molar-refractivity contribution in [2.75, 3.05) is 59.0 Å². The molecule has 4 aliphatic heterocycles. The number of rotatable bonds is 6. The lowest BCUT2D eigenvalue weighted by Crippen LogP contribution is -2.53. The van der Waals surface area contributed by atoms with E-state index in [1.807, 2.05) is 0 Å². The van der Waals surface area contributed by atoms with E-state index in [1.54, 1.807) is 8.61 Å². The lowest BCUT2D eigenvalue weighted by molar-refractivity contribution is -0.179. The Hall–Kier alpha value is -0.780. The molecule has 1 N–H and O–H groups in total. The predicted molar refractivity (Wildman–Crippen MR) is 117 cm³/mol. The van der Waals surface area contributed by atoms with E-state index in [1.165, 1.54) is 19.3 Å². The molecule has 1 amide bonds. The van der Waals surface area contributed by atoms with E-state index in [2.05, 4.69) is 17.1 Å². The van der Waals surface area contributed by atoms with Crippen molar-refractivity contribution >= 4 is 16.1 Å². The van der Waals surface area contributed by atoms with Gasteiger partial charge in [0.2, 0.25) is 5.91 Å². The van der Waals surface area contributed by atoms with Crippen molar-refractivity contribution in [1.29, 1.82) is 0 Å². The van der Waals surface area contributed by atoms with E-state index in [4.69, 9.17) is 9.47 Å². The van der Waals surface area contributed by atoms with Crippen LogP contribution in [0.1, 0.15) is 51.9 Å². The van der Waals surface area contributed by atoms with Crippen LogP contribution in [0.5, 0.6) is 0 Å². The van der Waals surface area contributed by atoms with Gasteiger partial charge < -0.3 is 14.8 Å². The quantitative estimate of drug-likeness (QED) is 0.632. The fourth-order valence-electron chi connectivity index (χ4n) is 5.31. The SMILES string of the molecule is CC1CCCCN1CCNC(=O)C1CCN(S(=O)(=O)N2CCC3(CC2)OCCO3)CC1. The molecule has 0 aromatic heterocycles. The molecule has 4 aliphatic rings. The molecule has 4 saturated heterocycles. The fraction of sp³-hybridized carbons (Fsp3) is 0.952. The number of amides is 1. The van der Waals surface area contributed by atoms with Crippen molar-refractivity contribution in [2.24, 2.45) is 5.92 Å². The van der Waals surface area contributed by atoms with Crippen LogP contribution >= 0.6 is 0 Å². The van der Waals surface area contributed by atoms with Crippen molar-refractivity contribution in [3.63, 3.8) is 0 Å². The first kappa shape index (κ1) is 23.4. The van der Waals surface area contributed by atoms with Gasteiger partial charge >= 0.3 is 0 Å². The van der Waals surface area contributed by atoms with Gasteiger partial charge in [0.1, 0.15) is 0 Å². The van der Waals surface area contributed by atoms with Gasteiger partial charge in [0.25, 0.3) is 10.2 Å². The largest absolute Gasteiger partial charge is 0.355 e. The van der Waals surface area contributed by atoms with Crippen LogP contribution in [-0.2, 0) is 24.5 Å². The number of ether oxygens (including phenoxy) is 2. The van der Waals surface area contributed by atoms with Crippen molar-refractivity contribution in [1.82, 2.24) is 18.8 Å². The van der Waals surface area contributed by atoms with E-state index in [-0.39, 0.29) is 11.8 Å². The molecule has 4 fully saturated rings. The van der Waals surface area contributed by atoms with Gasteiger partial charge in [-0.1, -0.05) is 6.42 Å². The second kappa shape index (κ2) is 10.0. The molecule has 0 radical (unpaired) electrons. The Labute approximate surface area is 186 Å². The average molecular weight is 459 g/mol. The summed E-state index contributed by atoms with van der Waals surface area (Å²) in [5, 5.41) is 3.08. The highest BCUT2D eigenvalue weighted by Crippen LogP contribution is 2.33. The third-order valence-electron chi connectivity index (χ3n) is 7.41. The highest BCUT2D eigenvalue weighted by Gasteiger charge is 2.44. The molecule has 178 valence electrons. The molecule has 0 aliphatic carbocycles. The van der Waals surface area contributed by atoms with Crippen LogP contribution in [0.2, 0.25) is 0 Å². The lowest BCUT2D eigenvalue weighted by Gasteiger charge is -2.40. The van der Waals surface area contributed by atoms with Crippen LogP contribution < -0.4 is 5.32 Å². The summed E-state index contributed by atoms with van der Waals surface area (Å²) in [6.07, 6.45) is 6.07. The minimum Gasteiger partial charge on any atom is -0.355 e. The van der Waals surface area contributed by atoms with Crippen LogP contribution in [0.4, 0.5) is 0 Å². The van der Waals surface area contributed by atoms with Crippen LogP contribution in [-0.4, -0.2) is 98.7 Å². The van der Waals surface area contributed by atoms with Crippen LogP contribution in [0, 0.1) is 5.92 Å². The Bertz CT molecular complexity index is 709. The molecule has 9 nitrogen and oxygen atoms in total. The summed E-state index contributed by atoms with van der Waals surface area (Å²) < 4.78 is 40.6. The highest BCUT2D eigenvalue weighted by atomic mass is 32.2. The molecule has 0 bridgehead atoms. The summed E-state index contributed by atoms with van der Waals surface area (Å²) in [5.41, 5.74) is 0. The number of nitrogens with one attached hydrogen (secondary N) is 1. The van der Waals surface area contributed by atoms with Gasteiger partial charge in [-0.15, -0.1) is 0 Å². The molecule has 1 spiro atoms. The van der Waals surface area contributed by atoms with E-state index < -0.39 is 16.0 Å². The lowest BCUT2D eigenvalue weighted by atomic mass is 9.97. The molecule has 0 saturated carbocycles. The van der Waals surface area contributed by atoms with Crippen molar-refractivity contribution in [3.8, 4) is 0 Å². The van der Waals surface area contributed by atoms with E-state index in [9.17, 15) is 13.2 Å². The van der Waals surface area contributed by atoms with Crippen LogP contribution in [0.25, 0.3) is 0 Å². The zero-order chi connectivity index (χ0) is 21.9. The minimum absolute atomic E-state index is 0.0668. The third kappa shape index (κ3) is 5.42. The van der Waals surface area contributed by atoms with Gasteiger partial charge in [-0.05, 0) is 39.2 Å². The van der Waals surface area contributed by atoms with Gasteiger partial charge in [0.05, 0.1) is 13.2 Å². The summed E-state index contributed by atoms with van der Waals surface area (Å²) in [5.74, 6) is -0.615. The number of hydrogen-bond donors (Lipinski definition) is 1. The first-order valence-electron chi connectivity index (χ1n) is 11.9. The maximum Gasteiger partial charge on any atom is 0.281 e. The summed E-state index contributed by atoms with van der Waals surface area (Å²) in [4.78, 5) is 15.0. The second-order valence-corrected chi connectivity index (χ2v) is 11.3. The summed E-state index contributed by atoms with van der Waals surface area (Å²) in [7, 11) is -3.50. The molecule has 1 unspecified atom stereocenters. The third-order valence-corrected chi connectivity index (χ3v) is 9.45. The standard InChI is InChI=1S/C21H38N4O5S/c1-18-4-2-3-10-23(18)15-9-22-20(26)19-5-11-24(12-6-19)31(27,28)25-13-7-21(8-14-25)29-16-17-30-21/h18-19H,2-17H2,1H3,(H,22,26). The molecule has 4 rings (SSSR count). The average Bonchev–Trinajstić information content (AvgIpc) is 3.23. The number of carbonyl (C=O) groups excluding carboxylic acids is 1. The zero-order valence-electron chi connectivity index (χ0n) is 18.8. The maximum atomic E-state index is 13.1. The summed E-state index contributed by atoms with van der Waals surface area (Å²) in [6.45, 7) is 7.73. The van der Waals surface area contributed by atoms with Crippen molar-refractivity contribution in [3.05, 3.63) is 0 Å². The van der Waals surface area contributed by atoms with E-state index in [0.29, 0.717) is 77.7 Å². The Morgan fingerprint density at radius 2 is 1.61 bits per heavy atom. The zero-order valence-corrected chi connectivity index (χ0v) is 19.6. The van der Waals surface area contributed by atoms with E-state index >= 15 is 0 Å². The Balaban J connectivity index is 1.19. The highest BCUT2D eigenvalue weighted by molar-refractivity contribution is 7.86. The monoisotopic (exact) mass is 458 g/mol.